The number of ether oxygens (including phenoxy) is 1. The Bertz CT molecular complexity index is 740. The zero-order valence-electron chi connectivity index (χ0n) is 14.1. The fourth-order valence-corrected chi connectivity index (χ4v) is 2.45. The predicted molar refractivity (Wildman–Crippen MR) is 87.7 cm³/mol. The monoisotopic (exact) mass is 336 g/mol. The molecule has 2 rings (SSSR count). The van der Waals surface area contributed by atoms with Gasteiger partial charge in [-0.15, -0.1) is 0 Å². The van der Waals surface area contributed by atoms with E-state index in [1.165, 1.54) is 25.3 Å². The molecule has 0 aliphatic rings. The number of hydrogen-bond acceptors (Lipinski definition) is 4. The number of furan rings is 1. The van der Waals surface area contributed by atoms with Crippen LogP contribution in [0.5, 0.6) is 5.75 Å². The van der Waals surface area contributed by atoms with Crippen molar-refractivity contribution in [3.8, 4) is 5.75 Å². The molecule has 2 amide bonds. The van der Waals surface area contributed by atoms with E-state index in [4.69, 9.17) is 9.15 Å². The molecule has 1 unspecified atom stereocenters. The van der Waals surface area contributed by atoms with Crippen molar-refractivity contribution in [3.05, 3.63) is 47.2 Å². The first-order valence-corrected chi connectivity index (χ1v) is 7.41. The van der Waals surface area contributed by atoms with Gasteiger partial charge in [0.1, 0.15) is 28.7 Å². The Morgan fingerprint density at radius 3 is 2.67 bits per heavy atom. The van der Waals surface area contributed by atoms with Crippen LogP contribution in [0.2, 0.25) is 0 Å². The van der Waals surface area contributed by atoms with Crippen molar-refractivity contribution >= 4 is 11.7 Å². The minimum Gasteiger partial charge on any atom is -0.494 e. The van der Waals surface area contributed by atoms with Crippen LogP contribution in [0.4, 0.5) is 14.9 Å². The smallest absolute Gasteiger partial charge is 0.319 e. The van der Waals surface area contributed by atoms with Crippen molar-refractivity contribution in [1.29, 1.82) is 0 Å². The Morgan fingerprint density at radius 2 is 2.08 bits per heavy atom. The lowest BCUT2D eigenvalue weighted by atomic mass is 9.96. The predicted octanol–water partition coefficient (Wildman–Crippen LogP) is 3.07. The first-order valence-electron chi connectivity index (χ1n) is 7.41. The number of aliphatic hydroxyl groups is 1. The summed E-state index contributed by atoms with van der Waals surface area (Å²) in [5, 5.41) is 15.7. The average Bonchev–Trinajstić information content (AvgIpc) is 2.86. The third-order valence-electron chi connectivity index (χ3n) is 3.63. The summed E-state index contributed by atoms with van der Waals surface area (Å²) in [5.41, 5.74) is -0.349. The second-order valence-corrected chi connectivity index (χ2v) is 5.75. The van der Waals surface area contributed by atoms with Crippen LogP contribution in [0.25, 0.3) is 0 Å². The zero-order valence-corrected chi connectivity index (χ0v) is 14.1. The van der Waals surface area contributed by atoms with Crippen LogP contribution in [0.1, 0.15) is 24.0 Å². The van der Waals surface area contributed by atoms with E-state index < -0.39 is 17.4 Å². The maximum Gasteiger partial charge on any atom is 0.319 e. The number of nitrogens with one attached hydrogen (secondary N) is 2. The summed E-state index contributed by atoms with van der Waals surface area (Å²) < 4.78 is 23.6. The van der Waals surface area contributed by atoms with Gasteiger partial charge in [-0.3, -0.25) is 0 Å². The van der Waals surface area contributed by atoms with Gasteiger partial charge in [-0.2, -0.15) is 0 Å². The third-order valence-corrected chi connectivity index (χ3v) is 3.63. The number of halogens is 1. The molecule has 0 saturated heterocycles. The van der Waals surface area contributed by atoms with E-state index in [0.717, 1.165) is 0 Å². The van der Waals surface area contributed by atoms with Gasteiger partial charge in [0.15, 0.2) is 0 Å². The molecular formula is C17H21FN2O4. The molecular weight excluding hydrogens is 315 g/mol. The van der Waals surface area contributed by atoms with E-state index in [-0.39, 0.29) is 12.3 Å². The van der Waals surface area contributed by atoms with E-state index in [2.05, 4.69) is 10.6 Å². The van der Waals surface area contributed by atoms with Gasteiger partial charge < -0.3 is 24.9 Å². The van der Waals surface area contributed by atoms with Gasteiger partial charge >= 0.3 is 6.03 Å². The lowest BCUT2D eigenvalue weighted by Crippen LogP contribution is -2.40. The summed E-state index contributed by atoms with van der Waals surface area (Å²) in [4.78, 5) is 12.0. The highest BCUT2D eigenvalue weighted by Crippen LogP contribution is 2.27. The van der Waals surface area contributed by atoms with Crippen LogP contribution in [-0.4, -0.2) is 24.8 Å². The van der Waals surface area contributed by atoms with E-state index in [9.17, 15) is 14.3 Å². The van der Waals surface area contributed by atoms with E-state index in [1.54, 1.807) is 26.8 Å². The Kier molecular flexibility index (Phi) is 5.14. The summed E-state index contributed by atoms with van der Waals surface area (Å²) in [6.07, 6.45) is 0. The van der Waals surface area contributed by atoms with Crippen molar-refractivity contribution in [2.45, 2.75) is 26.4 Å². The van der Waals surface area contributed by atoms with E-state index >= 15 is 0 Å². The number of anilines is 1. The molecule has 2 aromatic rings. The molecule has 3 N–H and O–H groups in total. The normalized spacial score (nSPS) is 13.2. The molecule has 0 spiro atoms. The van der Waals surface area contributed by atoms with Crippen molar-refractivity contribution in [2.24, 2.45) is 0 Å². The second-order valence-electron chi connectivity index (χ2n) is 5.75. The Balaban J connectivity index is 2.02. The molecule has 1 aromatic heterocycles. The second kappa shape index (κ2) is 6.92. The number of amides is 2. The first-order chi connectivity index (χ1) is 11.2. The number of urea groups is 1. The van der Waals surface area contributed by atoms with Crippen LogP contribution in [0, 0.1) is 19.7 Å². The molecule has 1 aromatic carbocycles. The number of aryl methyl sites for hydroxylation is 2. The SMILES string of the molecule is COc1cc(F)ccc1NC(=O)NCC(C)(O)c1cc(C)oc1C. The highest BCUT2D eigenvalue weighted by molar-refractivity contribution is 5.90. The van der Waals surface area contributed by atoms with Gasteiger partial charge in [0.25, 0.3) is 0 Å². The number of rotatable bonds is 5. The summed E-state index contributed by atoms with van der Waals surface area (Å²) in [5.74, 6) is 1.02. The summed E-state index contributed by atoms with van der Waals surface area (Å²) >= 11 is 0. The molecule has 0 bridgehead atoms. The van der Waals surface area contributed by atoms with Gasteiger partial charge in [-0.25, -0.2) is 9.18 Å². The maximum atomic E-state index is 13.2. The van der Waals surface area contributed by atoms with E-state index in [1.807, 2.05) is 0 Å². The fraction of sp³-hybridized carbons (Fsp3) is 0.353. The zero-order chi connectivity index (χ0) is 17.9. The van der Waals surface area contributed by atoms with Crippen LogP contribution in [0.15, 0.2) is 28.7 Å². The molecule has 0 radical (unpaired) electrons. The third kappa shape index (κ3) is 4.05. The Morgan fingerprint density at radius 1 is 1.38 bits per heavy atom. The van der Waals surface area contributed by atoms with Crippen molar-refractivity contribution in [1.82, 2.24) is 5.32 Å². The first kappa shape index (κ1) is 17.8. The molecule has 0 fully saturated rings. The Hall–Kier alpha value is -2.54. The number of benzene rings is 1. The Labute approximate surface area is 139 Å². The standard InChI is InChI=1S/C17H21FN2O4/c1-10-7-13(11(2)24-10)17(3,22)9-19-16(21)20-14-6-5-12(18)8-15(14)23-4/h5-8,22H,9H2,1-4H3,(H2,19,20,21). The molecule has 24 heavy (non-hydrogen) atoms. The number of carbonyl (C=O) groups is 1. The maximum absolute atomic E-state index is 13.2. The molecule has 6 nitrogen and oxygen atoms in total. The fourth-order valence-electron chi connectivity index (χ4n) is 2.45. The molecule has 0 aliphatic carbocycles. The molecule has 1 atom stereocenters. The number of methoxy groups -OCH3 is 1. The highest BCUT2D eigenvalue weighted by Gasteiger charge is 2.28. The minimum absolute atomic E-state index is 0.0256. The topological polar surface area (TPSA) is 83.7 Å². The summed E-state index contributed by atoms with van der Waals surface area (Å²) in [7, 11) is 1.38. The van der Waals surface area contributed by atoms with Gasteiger partial charge in [0.05, 0.1) is 19.3 Å². The largest absolute Gasteiger partial charge is 0.494 e. The summed E-state index contributed by atoms with van der Waals surface area (Å²) in [6.45, 7) is 5.10. The van der Waals surface area contributed by atoms with Gasteiger partial charge in [-0.05, 0) is 39.0 Å². The molecule has 1 heterocycles. The van der Waals surface area contributed by atoms with Crippen molar-refractivity contribution in [2.75, 3.05) is 19.0 Å². The number of carbonyl (C=O) groups excluding carboxylic acids is 1. The van der Waals surface area contributed by atoms with Crippen LogP contribution < -0.4 is 15.4 Å². The number of hydrogen-bond donors (Lipinski definition) is 3. The quantitative estimate of drug-likeness (QED) is 0.783. The van der Waals surface area contributed by atoms with Crippen LogP contribution in [-0.2, 0) is 5.60 Å². The van der Waals surface area contributed by atoms with Crippen molar-refractivity contribution < 1.29 is 23.4 Å². The molecule has 130 valence electrons. The lowest BCUT2D eigenvalue weighted by molar-refractivity contribution is 0.0584. The average molecular weight is 336 g/mol. The molecule has 7 heteroatoms. The highest BCUT2D eigenvalue weighted by atomic mass is 19.1. The minimum atomic E-state index is -1.29. The van der Waals surface area contributed by atoms with Gasteiger partial charge in [0.2, 0.25) is 0 Å². The van der Waals surface area contributed by atoms with Gasteiger partial charge in [-0.1, -0.05) is 0 Å². The van der Waals surface area contributed by atoms with Gasteiger partial charge in [0, 0.05) is 11.6 Å². The molecule has 0 aliphatic heterocycles. The van der Waals surface area contributed by atoms with Crippen LogP contribution in [0.3, 0.4) is 0 Å². The van der Waals surface area contributed by atoms with Crippen LogP contribution >= 0.6 is 0 Å². The molecule has 0 saturated carbocycles. The van der Waals surface area contributed by atoms with Crippen molar-refractivity contribution in [3.63, 3.8) is 0 Å². The summed E-state index contributed by atoms with van der Waals surface area (Å²) in [6, 6.07) is 4.97. The lowest BCUT2D eigenvalue weighted by Gasteiger charge is -2.23. The van der Waals surface area contributed by atoms with E-state index in [0.29, 0.717) is 22.8 Å².